The molecule has 0 fully saturated rings. The maximum atomic E-state index is 13.2. The number of fused-ring (bicyclic) bond motifs is 1. The van der Waals surface area contributed by atoms with E-state index in [1.165, 1.54) is 6.07 Å². The molecule has 0 bridgehead atoms. The van der Waals surface area contributed by atoms with Gasteiger partial charge in [0, 0.05) is 24.7 Å². The molecule has 1 aromatic carbocycles. The third-order valence-corrected chi connectivity index (χ3v) is 2.96. The van der Waals surface area contributed by atoms with Gasteiger partial charge >= 0.3 is 0 Å². The van der Waals surface area contributed by atoms with Crippen molar-refractivity contribution in [3.63, 3.8) is 0 Å². The van der Waals surface area contributed by atoms with E-state index in [0.717, 1.165) is 25.6 Å². The van der Waals surface area contributed by atoms with E-state index in [1.54, 1.807) is 6.33 Å². The van der Waals surface area contributed by atoms with Crippen LogP contribution in [0.25, 0.3) is 11.0 Å². The molecule has 18 heavy (non-hydrogen) atoms. The summed E-state index contributed by atoms with van der Waals surface area (Å²) >= 11 is 0. The Hall–Kier alpha value is -1.49. The average Bonchev–Trinajstić information content (AvgIpc) is 2.73. The van der Waals surface area contributed by atoms with Gasteiger partial charge in [0.2, 0.25) is 0 Å². The first kappa shape index (κ1) is 13.0. The molecule has 2 aromatic rings. The van der Waals surface area contributed by atoms with Crippen LogP contribution in [0.1, 0.15) is 26.3 Å². The van der Waals surface area contributed by atoms with E-state index in [-0.39, 0.29) is 6.04 Å². The number of halogens is 2. The minimum Gasteiger partial charge on any atom is -0.326 e. The zero-order valence-corrected chi connectivity index (χ0v) is 10.6. The monoisotopic (exact) mass is 253 g/mol. The molecule has 1 atom stereocenters. The van der Waals surface area contributed by atoms with Gasteiger partial charge in [-0.1, -0.05) is 6.92 Å². The molecule has 1 heterocycles. The second kappa shape index (κ2) is 5.44. The van der Waals surface area contributed by atoms with Gasteiger partial charge in [0.05, 0.1) is 17.4 Å². The molecule has 1 N–H and O–H groups in total. The summed E-state index contributed by atoms with van der Waals surface area (Å²) in [5, 5.41) is 3.30. The molecule has 1 aromatic heterocycles. The normalized spacial score (nSPS) is 13.1. The molecule has 0 aliphatic carbocycles. The Morgan fingerprint density at radius 3 is 2.78 bits per heavy atom. The summed E-state index contributed by atoms with van der Waals surface area (Å²) in [5.41, 5.74) is 1.11. The Morgan fingerprint density at radius 2 is 2.06 bits per heavy atom. The molecule has 0 aliphatic heterocycles. The van der Waals surface area contributed by atoms with E-state index in [9.17, 15) is 8.78 Å². The summed E-state index contributed by atoms with van der Waals surface area (Å²) in [5.74, 6) is -1.69. The quantitative estimate of drug-likeness (QED) is 0.830. The molecule has 2 rings (SSSR count). The van der Waals surface area contributed by atoms with Crippen molar-refractivity contribution in [1.29, 1.82) is 0 Å². The fourth-order valence-corrected chi connectivity index (χ4v) is 1.96. The highest BCUT2D eigenvalue weighted by molar-refractivity contribution is 5.75. The predicted molar refractivity (Wildman–Crippen MR) is 67.5 cm³/mol. The van der Waals surface area contributed by atoms with Crippen molar-refractivity contribution < 1.29 is 8.78 Å². The fraction of sp³-hybridized carbons (Fsp3) is 0.462. The van der Waals surface area contributed by atoms with Crippen molar-refractivity contribution in [3.05, 3.63) is 30.1 Å². The molecule has 5 heteroatoms. The lowest BCUT2D eigenvalue weighted by Gasteiger charge is -2.15. The van der Waals surface area contributed by atoms with Gasteiger partial charge in [0.25, 0.3) is 0 Å². The first-order valence-electron chi connectivity index (χ1n) is 6.15. The summed E-state index contributed by atoms with van der Waals surface area (Å²) in [6, 6.07) is 2.48. The largest absolute Gasteiger partial charge is 0.326 e. The topological polar surface area (TPSA) is 29.9 Å². The van der Waals surface area contributed by atoms with Crippen LogP contribution in [0.4, 0.5) is 8.78 Å². The molecule has 0 aliphatic rings. The van der Waals surface area contributed by atoms with E-state index >= 15 is 0 Å². The van der Waals surface area contributed by atoms with Crippen molar-refractivity contribution in [2.45, 2.75) is 26.3 Å². The smallest absolute Gasteiger partial charge is 0.161 e. The number of rotatable bonds is 5. The molecule has 0 saturated carbocycles. The maximum absolute atomic E-state index is 13.2. The van der Waals surface area contributed by atoms with Crippen LogP contribution in [0.15, 0.2) is 18.5 Å². The third-order valence-electron chi connectivity index (χ3n) is 2.96. The van der Waals surface area contributed by atoms with Gasteiger partial charge in [-0.3, -0.25) is 0 Å². The van der Waals surface area contributed by atoms with Crippen LogP contribution in [0.3, 0.4) is 0 Å². The highest BCUT2D eigenvalue weighted by Gasteiger charge is 2.12. The van der Waals surface area contributed by atoms with Gasteiger partial charge < -0.3 is 9.88 Å². The number of imidazole rings is 1. The number of hydrogen-bond acceptors (Lipinski definition) is 2. The summed E-state index contributed by atoms with van der Waals surface area (Å²) in [6.45, 7) is 5.84. The standard InChI is InChI=1S/C13H17F2N3/c1-3-4-16-7-9(2)18-8-17-12-5-10(14)11(15)6-13(12)18/h5-6,8-9,16H,3-4,7H2,1-2H3. The molecule has 1 unspecified atom stereocenters. The van der Waals surface area contributed by atoms with E-state index in [0.29, 0.717) is 11.0 Å². The second-order valence-corrected chi connectivity index (χ2v) is 4.46. The van der Waals surface area contributed by atoms with Gasteiger partial charge in [-0.25, -0.2) is 13.8 Å². The number of hydrogen-bond donors (Lipinski definition) is 1. The van der Waals surface area contributed by atoms with Crippen LogP contribution < -0.4 is 5.32 Å². The van der Waals surface area contributed by atoms with Crippen LogP contribution in [0.5, 0.6) is 0 Å². The molecule has 0 radical (unpaired) electrons. The molecule has 0 amide bonds. The Labute approximate surface area is 105 Å². The first-order valence-corrected chi connectivity index (χ1v) is 6.15. The molecule has 0 spiro atoms. The lowest BCUT2D eigenvalue weighted by molar-refractivity contribution is 0.497. The average molecular weight is 253 g/mol. The van der Waals surface area contributed by atoms with E-state index in [2.05, 4.69) is 17.2 Å². The lowest BCUT2D eigenvalue weighted by Crippen LogP contribution is -2.23. The summed E-state index contributed by atoms with van der Waals surface area (Å²) in [7, 11) is 0. The molecular formula is C13H17F2N3. The minimum atomic E-state index is -0.857. The Bertz CT molecular complexity index is 536. The summed E-state index contributed by atoms with van der Waals surface area (Å²) < 4.78 is 28.2. The third kappa shape index (κ3) is 2.51. The van der Waals surface area contributed by atoms with Crippen LogP contribution in [-0.2, 0) is 0 Å². The van der Waals surface area contributed by atoms with Gasteiger partial charge in [0.15, 0.2) is 11.6 Å². The Kier molecular flexibility index (Phi) is 3.91. The summed E-state index contributed by atoms with van der Waals surface area (Å²) in [4.78, 5) is 4.10. The first-order chi connectivity index (χ1) is 8.63. The van der Waals surface area contributed by atoms with Crippen molar-refractivity contribution in [1.82, 2.24) is 14.9 Å². The second-order valence-electron chi connectivity index (χ2n) is 4.46. The van der Waals surface area contributed by atoms with Crippen LogP contribution in [-0.4, -0.2) is 22.6 Å². The SMILES string of the molecule is CCCNCC(C)n1cnc2cc(F)c(F)cc21. The maximum Gasteiger partial charge on any atom is 0.161 e. The molecular weight excluding hydrogens is 236 g/mol. The van der Waals surface area contributed by atoms with Crippen LogP contribution in [0, 0.1) is 11.6 Å². The Balaban J connectivity index is 2.25. The van der Waals surface area contributed by atoms with E-state index in [4.69, 9.17) is 0 Å². The van der Waals surface area contributed by atoms with Crippen molar-refractivity contribution in [3.8, 4) is 0 Å². The van der Waals surface area contributed by atoms with E-state index < -0.39 is 11.6 Å². The lowest BCUT2D eigenvalue weighted by atomic mass is 10.2. The number of nitrogens with one attached hydrogen (secondary N) is 1. The van der Waals surface area contributed by atoms with Crippen LogP contribution in [0.2, 0.25) is 0 Å². The predicted octanol–water partition coefficient (Wildman–Crippen LogP) is 2.88. The number of nitrogens with zero attached hydrogens (tertiary/aromatic N) is 2. The molecule has 98 valence electrons. The highest BCUT2D eigenvalue weighted by atomic mass is 19.2. The zero-order chi connectivity index (χ0) is 13.1. The van der Waals surface area contributed by atoms with Gasteiger partial charge in [-0.05, 0) is 19.9 Å². The van der Waals surface area contributed by atoms with Crippen molar-refractivity contribution in [2.75, 3.05) is 13.1 Å². The fourth-order valence-electron chi connectivity index (χ4n) is 1.96. The van der Waals surface area contributed by atoms with Crippen LogP contribution >= 0.6 is 0 Å². The van der Waals surface area contributed by atoms with Crippen molar-refractivity contribution in [2.24, 2.45) is 0 Å². The van der Waals surface area contributed by atoms with E-state index in [1.807, 2.05) is 11.5 Å². The van der Waals surface area contributed by atoms with Gasteiger partial charge in [0.1, 0.15) is 0 Å². The van der Waals surface area contributed by atoms with Gasteiger partial charge in [-0.2, -0.15) is 0 Å². The zero-order valence-electron chi connectivity index (χ0n) is 10.6. The van der Waals surface area contributed by atoms with Gasteiger partial charge in [-0.15, -0.1) is 0 Å². The highest BCUT2D eigenvalue weighted by Crippen LogP contribution is 2.20. The summed E-state index contributed by atoms with van der Waals surface area (Å²) in [6.07, 6.45) is 2.69. The number of benzene rings is 1. The molecule has 0 saturated heterocycles. The van der Waals surface area contributed by atoms with Crippen molar-refractivity contribution >= 4 is 11.0 Å². The minimum absolute atomic E-state index is 0.145. The number of aromatic nitrogens is 2. The molecule has 3 nitrogen and oxygen atoms in total. The Morgan fingerprint density at radius 1 is 1.33 bits per heavy atom.